The maximum Gasteiger partial charge on any atom is 0.302 e. The summed E-state index contributed by atoms with van der Waals surface area (Å²) in [5.74, 6) is 2.77. The molecule has 4 aliphatic carbocycles. The van der Waals surface area contributed by atoms with Crippen molar-refractivity contribution in [3.05, 3.63) is 52.6 Å². The number of aromatic nitrogens is 1. The molecule has 8 atom stereocenters. The fraction of sp³-hybridized carbons (Fsp3) is 0.559. The van der Waals surface area contributed by atoms with Crippen molar-refractivity contribution in [2.45, 2.75) is 84.3 Å². The summed E-state index contributed by atoms with van der Waals surface area (Å²) in [7, 11) is 0. The molecule has 1 aromatic carbocycles. The molecular weight excluding hydrogens is 512 g/mol. The van der Waals surface area contributed by atoms with Crippen molar-refractivity contribution in [1.82, 2.24) is 4.98 Å². The van der Waals surface area contributed by atoms with Crippen molar-refractivity contribution >= 4 is 23.0 Å². The minimum Gasteiger partial charge on any atom is -0.464 e. The lowest BCUT2D eigenvalue weighted by atomic mass is 9.44. The summed E-state index contributed by atoms with van der Waals surface area (Å²) in [4.78, 5) is 16.5. The van der Waals surface area contributed by atoms with Gasteiger partial charge in [-0.2, -0.15) is 10.2 Å². The highest BCUT2D eigenvalue weighted by molar-refractivity contribution is 5.87. The maximum atomic E-state index is 11.9. The van der Waals surface area contributed by atoms with E-state index in [4.69, 9.17) is 20.9 Å². The van der Waals surface area contributed by atoms with Crippen LogP contribution in [0.4, 0.5) is 11.5 Å². The van der Waals surface area contributed by atoms with Crippen molar-refractivity contribution in [2.75, 3.05) is 11.5 Å². The third kappa shape index (κ3) is 3.75. The number of nitrogen functional groups attached to an aromatic ring is 2. The van der Waals surface area contributed by atoms with Crippen LogP contribution in [0.15, 0.2) is 35.9 Å². The summed E-state index contributed by atoms with van der Waals surface area (Å²) in [5, 5.41) is 9.81. The quantitative estimate of drug-likeness (QED) is 0.403. The van der Waals surface area contributed by atoms with Gasteiger partial charge in [-0.1, -0.05) is 44.2 Å². The van der Waals surface area contributed by atoms with Crippen LogP contribution in [0.1, 0.15) is 94.9 Å². The van der Waals surface area contributed by atoms with Crippen LogP contribution in [0.3, 0.4) is 0 Å². The largest absolute Gasteiger partial charge is 0.464 e. The van der Waals surface area contributed by atoms with Crippen molar-refractivity contribution in [3.63, 3.8) is 0 Å². The molecule has 1 unspecified atom stereocenters. The first-order valence-electron chi connectivity index (χ1n) is 15.3. The van der Waals surface area contributed by atoms with Gasteiger partial charge in [0.1, 0.15) is 29.7 Å². The first-order chi connectivity index (χ1) is 19.7. The molecule has 2 aromatic rings. The summed E-state index contributed by atoms with van der Waals surface area (Å²) in [6.07, 6.45) is 8.41. The van der Waals surface area contributed by atoms with E-state index in [2.05, 4.69) is 49.2 Å². The molecule has 1 aliphatic heterocycles. The highest BCUT2D eigenvalue weighted by Crippen LogP contribution is 2.69. The van der Waals surface area contributed by atoms with E-state index in [-0.39, 0.29) is 40.4 Å². The van der Waals surface area contributed by atoms with E-state index in [0.717, 1.165) is 49.7 Å². The second-order valence-electron chi connectivity index (χ2n) is 13.7. The van der Waals surface area contributed by atoms with Crippen molar-refractivity contribution < 1.29 is 14.3 Å². The Morgan fingerprint density at radius 2 is 1.83 bits per heavy atom. The van der Waals surface area contributed by atoms with Crippen LogP contribution in [0.25, 0.3) is 5.57 Å². The molecule has 1 aromatic heterocycles. The fourth-order valence-corrected chi connectivity index (χ4v) is 10.1. The molecule has 214 valence electrons. The Labute approximate surface area is 242 Å². The number of hydrogen-bond donors (Lipinski definition) is 2. The molecule has 0 amide bonds. The van der Waals surface area contributed by atoms with Crippen LogP contribution in [-0.2, 0) is 9.53 Å². The average molecular weight is 553 g/mol. The van der Waals surface area contributed by atoms with Gasteiger partial charge in [-0.3, -0.25) is 4.79 Å². The first-order valence-corrected chi connectivity index (χ1v) is 15.3. The van der Waals surface area contributed by atoms with Crippen LogP contribution >= 0.6 is 0 Å². The molecule has 7 nitrogen and oxygen atoms in total. The Morgan fingerprint density at radius 3 is 2.56 bits per heavy atom. The number of nitrogens with zero attached hydrogens (tertiary/aromatic N) is 2. The smallest absolute Gasteiger partial charge is 0.302 e. The predicted molar refractivity (Wildman–Crippen MR) is 157 cm³/mol. The number of hydrogen-bond acceptors (Lipinski definition) is 7. The lowest BCUT2D eigenvalue weighted by Crippen LogP contribution is -2.54. The van der Waals surface area contributed by atoms with E-state index in [1.807, 2.05) is 6.07 Å². The molecule has 0 bridgehead atoms. The number of allylic oxidation sites excluding steroid dienone is 1. The summed E-state index contributed by atoms with van der Waals surface area (Å²) in [5.41, 5.74) is 18.0. The van der Waals surface area contributed by atoms with Crippen molar-refractivity contribution in [2.24, 2.45) is 34.5 Å². The van der Waals surface area contributed by atoms with Gasteiger partial charge in [0.25, 0.3) is 0 Å². The van der Waals surface area contributed by atoms with E-state index < -0.39 is 0 Å². The van der Waals surface area contributed by atoms with Gasteiger partial charge in [0.05, 0.1) is 11.3 Å². The van der Waals surface area contributed by atoms with Crippen LogP contribution < -0.4 is 16.2 Å². The highest BCUT2D eigenvalue weighted by atomic mass is 16.5. The Morgan fingerprint density at radius 1 is 1.07 bits per heavy atom. The van der Waals surface area contributed by atoms with Gasteiger partial charge < -0.3 is 20.9 Å². The molecule has 0 radical (unpaired) electrons. The number of anilines is 2. The van der Waals surface area contributed by atoms with Gasteiger partial charge in [0, 0.05) is 12.3 Å². The van der Waals surface area contributed by atoms with E-state index in [1.54, 1.807) is 6.92 Å². The number of nitrogens with two attached hydrogens (primary N) is 2. The topological polar surface area (TPSA) is 124 Å². The molecule has 0 spiro atoms. The van der Waals surface area contributed by atoms with E-state index >= 15 is 0 Å². The second-order valence-corrected chi connectivity index (χ2v) is 13.7. The average Bonchev–Trinajstić information content (AvgIpc) is 3.27. The number of fused-ring (bicyclic) bond motifs is 7. The zero-order valence-corrected chi connectivity index (χ0v) is 24.3. The second kappa shape index (κ2) is 9.24. The zero-order valence-electron chi connectivity index (χ0n) is 24.3. The van der Waals surface area contributed by atoms with E-state index in [1.165, 1.54) is 24.0 Å². The molecule has 0 saturated heterocycles. The Balaban J connectivity index is 1.30. The Kier molecular flexibility index (Phi) is 5.94. The molecule has 41 heavy (non-hydrogen) atoms. The normalized spacial score (nSPS) is 36.9. The number of rotatable bonds is 2. The third-order valence-electron chi connectivity index (χ3n) is 12.0. The van der Waals surface area contributed by atoms with Crippen LogP contribution in [0.2, 0.25) is 0 Å². The number of ether oxygens (including phenoxy) is 2. The van der Waals surface area contributed by atoms with Gasteiger partial charge in [-0.25, -0.2) is 0 Å². The number of esters is 1. The SMILES string of the molecule is CC(=O)O[C@H]1CC[C@H]2[C@@H]3CC[C@H]4CC5=C(C[C@]4(C)[C@H]3CC[C@]12C)C(c1ccccc1)Oc1nc(N)c(C#N)c(N)c15. The van der Waals surface area contributed by atoms with Gasteiger partial charge in [-0.05, 0) is 97.2 Å². The Hall–Kier alpha value is -3.53. The third-order valence-corrected chi connectivity index (χ3v) is 12.0. The van der Waals surface area contributed by atoms with Crippen molar-refractivity contribution in [3.8, 4) is 11.9 Å². The summed E-state index contributed by atoms with van der Waals surface area (Å²) < 4.78 is 12.5. The summed E-state index contributed by atoms with van der Waals surface area (Å²) in [6.45, 7) is 6.46. The number of carbonyl (C=O) groups excluding carboxylic acids is 1. The van der Waals surface area contributed by atoms with Crippen LogP contribution in [0, 0.1) is 45.8 Å². The minimum atomic E-state index is -0.259. The lowest BCUT2D eigenvalue weighted by molar-refractivity contribution is -0.160. The number of pyridine rings is 1. The lowest BCUT2D eigenvalue weighted by Gasteiger charge is -2.61. The highest BCUT2D eigenvalue weighted by Gasteiger charge is 2.61. The number of nitriles is 1. The van der Waals surface area contributed by atoms with Crippen LogP contribution in [-0.4, -0.2) is 17.1 Å². The molecule has 7 heteroatoms. The fourth-order valence-electron chi connectivity index (χ4n) is 10.1. The predicted octanol–water partition coefficient (Wildman–Crippen LogP) is 6.59. The zero-order chi connectivity index (χ0) is 28.7. The first kappa shape index (κ1) is 26.4. The van der Waals surface area contributed by atoms with E-state index in [0.29, 0.717) is 35.2 Å². The van der Waals surface area contributed by atoms with E-state index in [9.17, 15) is 10.1 Å². The molecule has 4 N–H and O–H groups in total. The molecule has 3 saturated carbocycles. The number of carbonyl (C=O) groups is 1. The minimum absolute atomic E-state index is 0.0418. The molecule has 7 rings (SSSR count). The number of benzene rings is 1. The molecule has 2 heterocycles. The Bertz CT molecular complexity index is 1500. The summed E-state index contributed by atoms with van der Waals surface area (Å²) >= 11 is 0. The van der Waals surface area contributed by atoms with Gasteiger partial charge >= 0.3 is 5.97 Å². The molecular formula is C34H40N4O3. The molecule has 3 fully saturated rings. The van der Waals surface area contributed by atoms with Gasteiger partial charge in [-0.15, -0.1) is 0 Å². The van der Waals surface area contributed by atoms with Crippen LogP contribution in [0.5, 0.6) is 5.88 Å². The van der Waals surface area contributed by atoms with Gasteiger partial charge in [0.15, 0.2) is 0 Å². The maximum absolute atomic E-state index is 11.9. The summed E-state index contributed by atoms with van der Waals surface area (Å²) in [6, 6.07) is 12.5. The standard InChI is InChI=1S/C34H40N4O3/c1-18(39)40-27-12-11-25-21-10-9-20-15-22-23(16-34(20,3)26(21)13-14-33(25,27)2)30(19-7-5-4-6-8-19)41-32-28(22)29(36)24(17-35)31(37)38-32/h4-8,20-21,25-27,30H,9-16H2,1-3H3,(H4,36,37,38)/t20-,21-,25-,26-,27-,30?,33-,34-/m0/s1. The van der Waals surface area contributed by atoms with Crippen molar-refractivity contribution in [1.29, 1.82) is 5.26 Å². The monoisotopic (exact) mass is 552 g/mol. The van der Waals surface area contributed by atoms with Gasteiger partial charge in [0.2, 0.25) is 5.88 Å². The molecule has 5 aliphatic rings.